The van der Waals surface area contributed by atoms with Gasteiger partial charge in [0, 0.05) is 13.2 Å². The van der Waals surface area contributed by atoms with Crippen molar-refractivity contribution in [2.24, 2.45) is 18.7 Å². The largest absolute Gasteiger partial charge is 0.477 e. The summed E-state index contributed by atoms with van der Waals surface area (Å²) >= 11 is 0. The summed E-state index contributed by atoms with van der Waals surface area (Å²) < 4.78 is 6.98. The van der Waals surface area contributed by atoms with Crippen LogP contribution in [0.5, 0.6) is 5.88 Å². The molecule has 0 spiro atoms. The van der Waals surface area contributed by atoms with Gasteiger partial charge >= 0.3 is 0 Å². The molecule has 2 aromatic rings. The van der Waals surface area contributed by atoms with Gasteiger partial charge in [-0.2, -0.15) is 5.10 Å². The number of hydrogen-bond donors (Lipinski definition) is 2. The van der Waals surface area contributed by atoms with Crippen molar-refractivity contribution in [1.82, 2.24) is 14.8 Å². The molecule has 0 aliphatic rings. The molecular weight excluding hydrogens is 322 g/mol. The number of nitrogens with zero attached hydrogens (tertiary/aromatic N) is 3. The van der Waals surface area contributed by atoms with Crippen LogP contribution in [0.15, 0.2) is 18.3 Å². The monoisotopic (exact) mass is 345 g/mol. The number of hydrogen-bond acceptors (Lipinski definition) is 5. The summed E-state index contributed by atoms with van der Waals surface area (Å²) in [6.45, 7) is 6.33. The van der Waals surface area contributed by atoms with Gasteiger partial charge in [0.2, 0.25) is 5.88 Å². The van der Waals surface area contributed by atoms with E-state index in [4.69, 9.17) is 10.5 Å². The van der Waals surface area contributed by atoms with Crippen molar-refractivity contribution in [3.63, 3.8) is 0 Å². The van der Waals surface area contributed by atoms with E-state index >= 15 is 0 Å². The lowest BCUT2D eigenvalue weighted by Crippen LogP contribution is -2.21. The fourth-order valence-electron chi connectivity index (χ4n) is 2.35. The first-order valence-electron chi connectivity index (χ1n) is 8.09. The molecule has 0 aromatic carbocycles. The highest BCUT2D eigenvalue weighted by atomic mass is 16.5. The Kier molecular flexibility index (Phi) is 5.74. The van der Waals surface area contributed by atoms with Gasteiger partial charge in [0.15, 0.2) is 0 Å². The van der Waals surface area contributed by atoms with E-state index in [2.05, 4.69) is 15.4 Å². The van der Waals surface area contributed by atoms with Gasteiger partial charge in [0.1, 0.15) is 11.3 Å². The molecule has 0 radical (unpaired) electrons. The number of pyridine rings is 1. The second-order valence-electron chi connectivity index (χ2n) is 6.03. The molecule has 8 heteroatoms. The average molecular weight is 345 g/mol. The van der Waals surface area contributed by atoms with Crippen molar-refractivity contribution in [3.8, 4) is 5.88 Å². The number of primary amides is 1. The Morgan fingerprint density at radius 3 is 2.72 bits per heavy atom. The maximum Gasteiger partial charge on any atom is 0.269 e. The third-order valence-electron chi connectivity index (χ3n) is 3.50. The molecule has 0 aliphatic heterocycles. The minimum Gasteiger partial charge on any atom is -0.477 e. The number of amides is 2. The van der Waals surface area contributed by atoms with Gasteiger partial charge in [-0.1, -0.05) is 20.8 Å². The minimum atomic E-state index is -0.660. The van der Waals surface area contributed by atoms with Crippen molar-refractivity contribution in [2.45, 2.75) is 27.2 Å². The fraction of sp³-hybridized carbons (Fsp3) is 0.412. The molecule has 3 N–H and O–H groups in total. The zero-order chi connectivity index (χ0) is 18.6. The van der Waals surface area contributed by atoms with Crippen LogP contribution in [-0.2, 0) is 13.5 Å². The average Bonchev–Trinajstić information content (AvgIpc) is 2.88. The first-order chi connectivity index (χ1) is 11.8. The van der Waals surface area contributed by atoms with Gasteiger partial charge in [-0.25, -0.2) is 4.98 Å². The van der Waals surface area contributed by atoms with Crippen LogP contribution in [-0.4, -0.2) is 33.2 Å². The first-order valence-corrected chi connectivity index (χ1v) is 8.09. The van der Waals surface area contributed by atoms with Gasteiger partial charge in [-0.15, -0.1) is 0 Å². The third kappa shape index (κ3) is 4.14. The molecular formula is C17H23N5O3. The van der Waals surface area contributed by atoms with Crippen molar-refractivity contribution < 1.29 is 14.3 Å². The molecule has 0 unspecified atom stereocenters. The molecule has 0 bridgehead atoms. The standard InChI is InChI=1S/C17H23N5O3/c1-5-12-13(14(15(18)23)22(4)21-12)20-16(24)11-7-6-8-19-17(11)25-9-10(2)3/h6-8,10H,5,9H2,1-4H3,(H2,18,23)(H,20,24). The van der Waals surface area contributed by atoms with Crippen LogP contribution in [0.3, 0.4) is 0 Å². The lowest BCUT2D eigenvalue weighted by Gasteiger charge is -2.12. The summed E-state index contributed by atoms with van der Waals surface area (Å²) in [5, 5.41) is 6.97. The quantitative estimate of drug-likeness (QED) is 0.794. The smallest absolute Gasteiger partial charge is 0.269 e. The molecule has 0 saturated carbocycles. The molecule has 8 nitrogen and oxygen atoms in total. The third-order valence-corrected chi connectivity index (χ3v) is 3.50. The summed E-state index contributed by atoms with van der Waals surface area (Å²) in [6, 6.07) is 3.26. The van der Waals surface area contributed by atoms with Crippen molar-refractivity contribution >= 4 is 17.5 Å². The van der Waals surface area contributed by atoms with E-state index in [0.29, 0.717) is 30.3 Å². The zero-order valence-electron chi connectivity index (χ0n) is 14.9. The number of nitrogens with two attached hydrogens (primary N) is 1. The highest BCUT2D eigenvalue weighted by Crippen LogP contribution is 2.23. The van der Waals surface area contributed by atoms with Gasteiger partial charge in [-0.3, -0.25) is 14.3 Å². The molecule has 2 rings (SSSR count). The van der Waals surface area contributed by atoms with Gasteiger partial charge < -0.3 is 15.8 Å². The zero-order valence-corrected chi connectivity index (χ0v) is 14.9. The van der Waals surface area contributed by atoms with Crippen LogP contribution >= 0.6 is 0 Å². The minimum absolute atomic E-state index is 0.152. The van der Waals surface area contributed by atoms with Crippen molar-refractivity contribution in [2.75, 3.05) is 11.9 Å². The van der Waals surface area contributed by atoms with Gasteiger partial charge in [-0.05, 0) is 24.5 Å². The second-order valence-corrected chi connectivity index (χ2v) is 6.03. The highest BCUT2D eigenvalue weighted by Gasteiger charge is 2.23. The Hall–Kier alpha value is -2.90. The molecule has 2 amide bonds. The van der Waals surface area contributed by atoms with Crippen LogP contribution in [0, 0.1) is 5.92 Å². The van der Waals surface area contributed by atoms with Crippen LogP contribution in [0.4, 0.5) is 5.69 Å². The number of ether oxygens (including phenoxy) is 1. The van der Waals surface area contributed by atoms with E-state index in [9.17, 15) is 9.59 Å². The number of nitrogens with one attached hydrogen (secondary N) is 1. The lowest BCUT2D eigenvalue weighted by molar-refractivity contribution is 0.0992. The predicted octanol–water partition coefficient (Wildman–Crippen LogP) is 1.76. The summed E-state index contributed by atoms with van der Waals surface area (Å²) in [6.07, 6.45) is 2.10. The van der Waals surface area contributed by atoms with Gasteiger partial charge in [0.25, 0.3) is 11.8 Å². The Morgan fingerprint density at radius 1 is 1.40 bits per heavy atom. The van der Waals surface area contributed by atoms with Crippen LogP contribution in [0.25, 0.3) is 0 Å². The second kappa shape index (κ2) is 7.78. The summed E-state index contributed by atoms with van der Waals surface area (Å²) in [5.41, 5.74) is 6.76. The Morgan fingerprint density at radius 2 is 2.12 bits per heavy atom. The molecule has 2 aromatic heterocycles. The van der Waals surface area contributed by atoms with Crippen molar-refractivity contribution in [1.29, 1.82) is 0 Å². The Bertz CT molecular complexity index is 783. The number of carbonyl (C=O) groups is 2. The molecule has 25 heavy (non-hydrogen) atoms. The molecule has 134 valence electrons. The molecule has 2 heterocycles. The normalized spacial score (nSPS) is 10.8. The van der Waals surface area contributed by atoms with E-state index in [-0.39, 0.29) is 17.1 Å². The predicted molar refractivity (Wildman–Crippen MR) is 93.6 cm³/mol. The number of anilines is 1. The van der Waals surface area contributed by atoms with E-state index in [0.717, 1.165) is 0 Å². The van der Waals surface area contributed by atoms with E-state index in [1.54, 1.807) is 25.4 Å². The topological polar surface area (TPSA) is 112 Å². The Labute approximate surface area is 146 Å². The number of rotatable bonds is 7. The Balaban J connectivity index is 2.34. The summed E-state index contributed by atoms with van der Waals surface area (Å²) in [7, 11) is 1.61. The molecule has 0 saturated heterocycles. The number of carbonyl (C=O) groups excluding carboxylic acids is 2. The summed E-state index contributed by atoms with van der Waals surface area (Å²) in [4.78, 5) is 28.5. The number of aromatic nitrogens is 3. The maximum atomic E-state index is 12.7. The van der Waals surface area contributed by atoms with E-state index < -0.39 is 11.8 Å². The SMILES string of the molecule is CCc1nn(C)c(C(N)=O)c1NC(=O)c1cccnc1OCC(C)C. The molecule has 0 fully saturated rings. The van der Waals surface area contributed by atoms with Crippen LogP contribution < -0.4 is 15.8 Å². The fourth-order valence-corrected chi connectivity index (χ4v) is 2.35. The molecule has 0 aliphatic carbocycles. The summed E-state index contributed by atoms with van der Waals surface area (Å²) in [5.74, 6) is -0.551. The number of aryl methyl sites for hydroxylation is 2. The van der Waals surface area contributed by atoms with Crippen LogP contribution in [0.1, 0.15) is 47.3 Å². The van der Waals surface area contributed by atoms with Crippen LogP contribution in [0.2, 0.25) is 0 Å². The highest BCUT2D eigenvalue weighted by molar-refractivity contribution is 6.09. The van der Waals surface area contributed by atoms with E-state index in [1.165, 1.54) is 4.68 Å². The maximum absolute atomic E-state index is 12.7. The van der Waals surface area contributed by atoms with E-state index in [1.807, 2.05) is 20.8 Å². The lowest BCUT2D eigenvalue weighted by atomic mass is 10.2. The van der Waals surface area contributed by atoms with Gasteiger partial charge in [0.05, 0.1) is 18.0 Å². The first kappa shape index (κ1) is 18.4. The molecule has 0 atom stereocenters. The van der Waals surface area contributed by atoms with Crippen molar-refractivity contribution in [3.05, 3.63) is 35.3 Å².